The number of amides is 2. The van der Waals surface area contributed by atoms with Crippen LogP contribution in [0.2, 0.25) is 0 Å². The number of halogens is 7. The van der Waals surface area contributed by atoms with Gasteiger partial charge in [-0.1, -0.05) is 13.0 Å². The van der Waals surface area contributed by atoms with E-state index < -0.39 is 71.1 Å². The summed E-state index contributed by atoms with van der Waals surface area (Å²) in [6.45, 7) is -0.506. The van der Waals surface area contributed by atoms with E-state index in [0.29, 0.717) is 18.6 Å². The predicted molar refractivity (Wildman–Crippen MR) is 110 cm³/mol. The van der Waals surface area contributed by atoms with Crippen LogP contribution in [-0.2, 0) is 9.53 Å². The number of carbonyl (C=O) groups excluding carboxylic acids is 2. The second-order valence-corrected chi connectivity index (χ2v) is 8.35. The molecule has 7 nitrogen and oxygen atoms in total. The van der Waals surface area contributed by atoms with Gasteiger partial charge in [-0.25, -0.2) is 4.39 Å². The lowest BCUT2D eigenvalue weighted by atomic mass is 9.77. The van der Waals surface area contributed by atoms with Crippen molar-refractivity contribution in [2.24, 2.45) is 11.7 Å². The van der Waals surface area contributed by atoms with Crippen LogP contribution in [0.3, 0.4) is 0 Å². The summed E-state index contributed by atoms with van der Waals surface area (Å²) in [4.78, 5) is 28.4. The molecule has 1 saturated heterocycles. The molecule has 3 rings (SSSR count). The zero-order chi connectivity index (χ0) is 27.2. The number of nitrogens with zero attached hydrogens (tertiary/aromatic N) is 1. The van der Waals surface area contributed by atoms with Crippen LogP contribution in [0.1, 0.15) is 41.4 Å². The summed E-state index contributed by atoms with van der Waals surface area (Å²) in [5.74, 6) is -10.3. The number of benzene rings is 1. The number of alkyl halides is 5. The fraction of sp³-hybridized carbons (Fsp3) is 0.409. The Labute approximate surface area is 199 Å². The maximum Gasteiger partial charge on any atom is 0.417 e. The summed E-state index contributed by atoms with van der Waals surface area (Å²) in [6.07, 6.45) is -5.90. The number of hydrogen-bond donors (Lipinski definition) is 2. The van der Waals surface area contributed by atoms with Crippen molar-refractivity contribution in [3.63, 3.8) is 0 Å². The molecule has 1 aromatic heterocycles. The fourth-order valence-electron chi connectivity index (χ4n) is 4.04. The monoisotopic (exact) mass is 523 g/mol. The molecule has 1 fully saturated rings. The van der Waals surface area contributed by atoms with E-state index in [1.165, 1.54) is 13.1 Å². The van der Waals surface area contributed by atoms with Crippen LogP contribution in [0.15, 0.2) is 24.4 Å². The van der Waals surface area contributed by atoms with Crippen molar-refractivity contribution in [2.45, 2.75) is 51.2 Å². The summed E-state index contributed by atoms with van der Waals surface area (Å²) >= 11 is 0. The first kappa shape index (κ1) is 27.2. The average Bonchev–Trinajstić information content (AvgIpc) is 3.05. The molecule has 0 radical (unpaired) electrons. The van der Waals surface area contributed by atoms with Crippen molar-refractivity contribution in [1.82, 2.24) is 4.98 Å². The number of nitrogens with two attached hydrogens (primary N) is 1. The first-order chi connectivity index (χ1) is 16.6. The van der Waals surface area contributed by atoms with Gasteiger partial charge in [0.2, 0.25) is 5.82 Å². The molecule has 0 saturated carbocycles. The molecule has 2 amide bonds. The van der Waals surface area contributed by atoms with Crippen molar-refractivity contribution in [2.75, 3.05) is 5.32 Å². The van der Waals surface area contributed by atoms with Gasteiger partial charge in [0.15, 0.2) is 17.2 Å². The molecule has 3 N–H and O–H groups in total. The lowest BCUT2D eigenvalue weighted by molar-refractivity contribution is -0.272. The molecular formula is C22H20F7N3O4. The highest BCUT2D eigenvalue weighted by atomic mass is 19.4. The SMILES string of the molecule is Cc1cnc(C(N)=O)cc1NC(=O)[C@H]1OC(C)(C(F)(F)F)C(C)C1c1ccc(F)c(F)c1OC(F)F. The number of anilines is 1. The van der Waals surface area contributed by atoms with Crippen LogP contribution in [0.4, 0.5) is 36.4 Å². The van der Waals surface area contributed by atoms with E-state index in [-0.39, 0.29) is 11.4 Å². The van der Waals surface area contributed by atoms with Gasteiger partial charge in [0.05, 0.1) is 0 Å². The lowest BCUT2D eigenvalue weighted by Crippen LogP contribution is -2.47. The fourth-order valence-corrected chi connectivity index (χ4v) is 4.04. The number of rotatable bonds is 6. The molecule has 1 aromatic carbocycles. The molecule has 2 aromatic rings. The Bertz CT molecular complexity index is 1190. The van der Waals surface area contributed by atoms with Crippen LogP contribution in [-0.4, -0.2) is 41.3 Å². The number of nitrogens with one attached hydrogen (secondary N) is 1. The van der Waals surface area contributed by atoms with E-state index in [2.05, 4.69) is 15.0 Å². The molecule has 0 spiro atoms. The van der Waals surface area contributed by atoms with Gasteiger partial charge in [-0.05, 0) is 31.5 Å². The summed E-state index contributed by atoms with van der Waals surface area (Å²) in [5, 5.41) is 2.31. The predicted octanol–water partition coefficient (Wildman–Crippen LogP) is 4.45. The number of pyridine rings is 1. The highest BCUT2D eigenvalue weighted by Gasteiger charge is 2.66. The van der Waals surface area contributed by atoms with Gasteiger partial charge >= 0.3 is 12.8 Å². The average molecular weight is 523 g/mol. The quantitative estimate of drug-likeness (QED) is 0.545. The standard InChI is InChI=1S/C22H20F7N3O4/c1-8-7-31-13(18(30)33)6-12(8)32-19(34)17-14(9(2)21(3,36-17)22(27,28)29)10-4-5-11(23)15(24)16(10)35-20(25)26/h4-7,9,14,17,20H,1-3H3,(H2,30,33)(H,31,32,34)/t9?,14?,17-,21?/m0/s1. The highest BCUT2D eigenvalue weighted by molar-refractivity contribution is 5.98. The van der Waals surface area contributed by atoms with E-state index in [4.69, 9.17) is 10.5 Å². The number of primary amides is 1. The van der Waals surface area contributed by atoms with Gasteiger partial charge in [0.1, 0.15) is 11.8 Å². The molecule has 3 unspecified atom stereocenters. The molecule has 36 heavy (non-hydrogen) atoms. The van der Waals surface area contributed by atoms with E-state index in [1.807, 2.05) is 0 Å². The van der Waals surface area contributed by atoms with Crippen LogP contribution in [0, 0.1) is 24.5 Å². The molecular weight excluding hydrogens is 503 g/mol. The molecule has 1 aliphatic rings. The van der Waals surface area contributed by atoms with E-state index in [9.17, 15) is 40.3 Å². The number of carbonyl (C=O) groups is 2. The molecule has 0 bridgehead atoms. The maximum absolute atomic E-state index is 14.4. The smallest absolute Gasteiger partial charge is 0.417 e. The van der Waals surface area contributed by atoms with Crippen molar-refractivity contribution in [3.8, 4) is 5.75 Å². The van der Waals surface area contributed by atoms with Crippen LogP contribution in [0.5, 0.6) is 5.75 Å². The molecule has 196 valence electrons. The van der Waals surface area contributed by atoms with E-state index >= 15 is 0 Å². The zero-order valence-electron chi connectivity index (χ0n) is 18.9. The molecule has 4 atom stereocenters. The summed E-state index contributed by atoms with van der Waals surface area (Å²) in [6, 6.07) is 2.35. The third-order valence-corrected chi connectivity index (χ3v) is 6.19. The highest BCUT2D eigenvalue weighted by Crippen LogP contribution is 2.55. The minimum atomic E-state index is -5.05. The Hall–Kier alpha value is -3.42. The number of aryl methyl sites for hydroxylation is 1. The largest absolute Gasteiger partial charge is 0.431 e. The molecule has 1 aliphatic heterocycles. The van der Waals surface area contributed by atoms with Crippen LogP contribution >= 0.6 is 0 Å². The van der Waals surface area contributed by atoms with Gasteiger partial charge in [-0.3, -0.25) is 14.6 Å². The van der Waals surface area contributed by atoms with Crippen molar-refractivity contribution in [3.05, 3.63) is 52.9 Å². The summed E-state index contributed by atoms with van der Waals surface area (Å²) in [5.41, 5.74) is 1.53. The first-order valence-corrected chi connectivity index (χ1v) is 10.3. The third-order valence-electron chi connectivity index (χ3n) is 6.19. The topological polar surface area (TPSA) is 104 Å². The molecule has 2 heterocycles. The van der Waals surface area contributed by atoms with Gasteiger partial charge in [0, 0.05) is 29.3 Å². The number of hydrogen-bond acceptors (Lipinski definition) is 5. The second kappa shape index (κ2) is 9.56. The summed E-state index contributed by atoms with van der Waals surface area (Å²) < 4.78 is 105. The maximum atomic E-state index is 14.4. The first-order valence-electron chi connectivity index (χ1n) is 10.3. The Morgan fingerprint density at radius 3 is 2.44 bits per heavy atom. The van der Waals surface area contributed by atoms with Crippen molar-refractivity contribution in [1.29, 1.82) is 0 Å². The third kappa shape index (κ3) is 4.81. The van der Waals surface area contributed by atoms with Gasteiger partial charge < -0.3 is 20.5 Å². The van der Waals surface area contributed by atoms with E-state index in [1.54, 1.807) is 0 Å². The minimum Gasteiger partial charge on any atom is -0.431 e. The van der Waals surface area contributed by atoms with Crippen LogP contribution < -0.4 is 15.8 Å². The van der Waals surface area contributed by atoms with Gasteiger partial charge in [-0.15, -0.1) is 0 Å². The van der Waals surface area contributed by atoms with Gasteiger partial charge in [0.25, 0.3) is 11.8 Å². The Balaban J connectivity index is 2.13. The number of aromatic nitrogens is 1. The van der Waals surface area contributed by atoms with Crippen molar-refractivity contribution < 1.29 is 49.8 Å². The molecule has 0 aliphatic carbocycles. The minimum absolute atomic E-state index is 0.0474. The zero-order valence-corrected chi connectivity index (χ0v) is 18.9. The Kier molecular flexibility index (Phi) is 7.22. The normalized spacial score (nSPS) is 24.1. The lowest BCUT2D eigenvalue weighted by Gasteiger charge is -2.32. The van der Waals surface area contributed by atoms with Crippen molar-refractivity contribution >= 4 is 17.5 Å². The van der Waals surface area contributed by atoms with Crippen LogP contribution in [0.25, 0.3) is 0 Å². The van der Waals surface area contributed by atoms with E-state index in [0.717, 1.165) is 19.1 Å². The Morgan fingerprint density at radius 1 is 1.25 bits per heavy atom. The van der Waals surface area contributed by atoms with Gasteiger partial charge in [-0.2, -0.15) is 26.3 Å². The number of ether oxygens (including phenoxy) is 2. The summed E-state index contributed by atoms with van der Waals surface area (Å²) in [7, 11) is 0. The second-order valence-electron chi connectivity index (χ2n) is 8.35. The molecule has 14 heteroatoms. The Morgan fingerprint density at radius 2 is 1.89 bits per heavy atom.